The monoisotopic (exact) mass is 266 g/mol. The third kappa shape index (κ3) is 4.29. The Morgan fingerprint density at radius 2 is 2.16 bits per heavy atom. The topological polar surface area (TPSA) is 64.4 Å². The molecule has 19 heavy (non-hydrogen) atoms. The number of nitrogens with one attached hydrogen (secondary N) is 1. The molecule has 0 heterocycles. The van der Waals surface area contributed by atoms with Crippen LogP contribution in [0.4, 0.5) is 5.69 Å². The van der Waals surface area contributed by atoms with E-state index in [9.17, 15) is 10.1 Å². The summed E-state index contributed by atoms with van der Waals surface area (Å²) in [7, 11) is 1.67. The molecule has 5 heteroatoms. The fraction of sp³-hybridized carbons (Fsp3) is 0.571. The van der Waals surface area contributed by atoms with Gasteiger partial charge in [0.25, 0.3) is 5.69 Å². The first-order valence-corrected chi connectivity index (χ1v) is 6.49. The van der Waals surface area contributed by atoms with Gasteiger partial charge in [0.1, 0.15) is 0 Å². The lowest BCUT2D eigenvalue weighted by Crippen LogP contribution is -2.34. The molecule has 0 aliphatic rings. The van der Waals surface area contributed by atoms with Crippen molar-refractivity contribution in [3.8, 4) is 0 Å². The summed E-state index contributed by atoms with van der Waals surface area (Å²) in [5.74, 6) is 0. The predicted molar refractivity (Wildman–Crippen MR) is 75.3 cm³/mol. The van der Waals surface area contributed by atoms with Gasteiger partial charge in [-0.3, -0.25) is 10.1 Å². The van der Waals surface area contributed by atoms with Gasteiger partial charge in [-0.05, 0) is 25.8 Å². The van der Waals surface area contributed by atoms with Crippen LogP contribution in [-0.2, 0) is 4.74 Å². The van der Waals surface area contributed by atoms with Gasteiger partial charge >= 0.3 is 0 Å². The van der Waals surface area contributed by atoms with Crippen molar-refractivity contribution in [2.45, 2.75) is 39.3 Å². The number of benzene rings is 1. The molecule has 0 aliphatic carbocycles. The van der Waals surface area contributed by atoms with Gasteiger partial charge in [0.2, 0.25) is 0 Å². The van der Waals surface area contributed by atoms with E-state index in [0.717, 1.165) is 12.0 Å². The summed E-state index contributed by atoms with van der Waals surface area (Å²) in [5, 5.41) is 14.4. The van der Waals surface area contributed by atoms with Crippen molar-refractivity contribution < 1.29 is 9.66 Å². The van der Waals surface area contributed by atoms with Crippen molar-refractivity contribution >= 4 is 5.69 Å². The molecule has 1 rings (SSSR count). The maximum absolute atomic E-state index is 10.9. The molecule has 106 valence electrons. The minimum absolute atomic E-state index is 0.0550. The zero-order chi connectivity index (χ0) is 14.4. The molecule has 0 aliphatic heterocycles. The Bertz CT molecular complexity index is 435. The molecule has 0 radical (unpaired) electrons. The third-order valence-electron chi connectivity index (χ3n) is 3.28. The standard InChI is InChI=1S/C14H22N2O3/c1-5-13(9-19-4)15-11(3)12-7-6-10(2)14(8-12)16(17)18/h6-8,11,13,15H,5,9H2,1-4H3. The Morgan fingerprint density at radius 1 is 1.47 bits per heavy atom. The fourth-order valence-corrected chi connectivity index (χ4v) is 2.03. The normalized spacial score (nSPS) is 14.1. The molecule has 0 fully saturated rings. The van der Waals surface area contributed by atoms with Gasteiger partial charge in [-0.15, -0.1) is 0 Å². The van der Waals surface area contributed by atoms with Crippen LogP contribution in [0.3, 0.4) is 0 Å². The number of hydrogen-bond acceptors (Lipinski definition) is 4. The van der Waals surface area contributed by atoms with Crippen LogP contribution in [0.25, 0.3) is 0 Å². The summed E-state index contributed by atoms with van der Waals surface area (Å²) >= 11 is 0. The number of methoxy groups -OCH3 is 1. The summed E-state index contributed by atoms with van der Waals surface area (Å²) in [5.41, 5.74) is 1.78. The fourth-order valence-electron chi connectivity index (χ4n) is 2.03. The second-order valence-corrected chi connectivity index (χ2v) is 4.75. The van der Waals surface area contributed by atoms with Gasteiger partial charge in [0.05, 0.1) is 11.5 Å². The van der Waals surface area contributed by atoms with E-state index >= 15 is 0 Å². The first-order chi connectivity index (χ1) is 8.99. The number of hydrogen-bond donors (Lipinski definition) is 1. The van der Waals surface area contributed by atoms with Crippen LogP contribution in [0.5, 0.6) is 0 Å². The first-order valence-electron chi connectivity index (χ1n) is 6.49. The highest BCUT2D eigenvalue weighted by molar-refractivity contribution is 5.43. The van der Waals surface area contributed by atoms with Crippen molar-refractivity contribution in [1.82, 2.24) is 5.32 Å². The van der Waals surface area contributed by atoms with Crippen molar-refractivity contribution in [1.29, 1.82) is 0 Å². The highest BCUT2D eigenvalue weighted by Gasteiger charge is 2.16. The van der Waals surface area contributed by atoms with E-state index in [0.29, 0.717) is 12.2 Å². The zero-order valence-electron chi connectivity index (χ0n) is 12.0. The third-order valence-corrected chi connectivity index (χ3v) is 3.28. The van der Waals surface area contributed by atoms with E-state index in [1.807, 2.05) is 13.0 Å². The van der Waals surface area contributed by atoms with Gasteiger partial charge in [-0.25, -0.2) is 0 Å². The van der Waals surface area contributed by atoms with Gasteiger partial charge < -0.3 is 10.1 Å². The van der Waals surface area contributed by atoms with Crippen molar-refractivity contribution in [3.05, 3.63) is 39.4 Å². The maximum Gasteiger partial charge on any atom is 0.272 e. The zero-order valence-corrected chi connectivity index (χ0v) is 12.0. The molecule has 0 saturated carbocycles. The average molecular weight is 266 g/mol. The molecule has 0 aromatic heterocycles. The molecular formula is C14H22N2O3. The molecule has 1 aromatic carbocycles. The lowest BCUT2D eigenvalue weighted by Gasteiger charge is -2.22. The molecular weight excluding hydrogens is 244 g/mol. The number of nitro benzene ring substituents is 1. The number of nitrogens with zero attached hydrogens (tertiary/aromatic N) is 1. The summed E-state index contributed by atoms with van der Waals surface area (Å²) in [4.78, 5) is 10.6. The average Bonchev–Trinajstić information content (AvgIpc) is 2.38. The maximum atomic E-state index is 10.9. The summed E-state index contributed by atoms with van der Waals surface area (Å²) < 4.78 is 5.14. The molecule has 5 nitrogen and oxygen atoms in total. The van der Waals surface area contributed by atoms with Crippen LogP contribution in [0.2, 0.25) is 0 Å². The molecule has 0 spiro atoms. The summed E-state index contributed by atoms with van der Waals surface area (Å²) in [6, 6.07) is 5.68. The van der Waals surface area contributed by atoms with Crippen molar-refractivity contribution in [3.63, 3.8) is 0 Å². The second kappa shape index (κ2) is 7.21. The van der Waals surface area contributed by atoms with Crippen LogP contribution in [0.15, 0.2) is 18.2 Å². The second-order valence-electron chi connectivity index (χ2n) is 4.75. The van der Waals surface area contributed by atoms with E-state index in [-0.39, 0.29) is 22.7 Å². The lowest BCUT2D eigenvalue weighted by atomic mass is 10.0. The minimum atomic E-state index is -0.335. The van der Waals surface area contributed by atoms with Gasteiger partial charge in [0, 0.05) is 30.8 Å². The first kappa shape index (κ1) is 15.6. The smallest absolute Gasteiger partial charge is 0.272 e. The molecule has 0 saturated heterocycles. The van der Waals surface area contributed by atoms with Crippen molar-refractivity contribution in [2.24, 2.45) is 0 Å². The predicted octanol–water partition coefficient (Wildman–Crippen LogP) is 2.98. The van der Waals surface area contributed by atoms with E-state index in [2.05, 4.69) is 12.2 Å². The number of aryl methyl sites for hydroxylation is 1. The van der Waals surface area contributed by atoms with E-state index in [1.165, 1.54) is 0 Å². The quantitative estimate of drug-likeness (QED) is 0.608. The highest BCUT2D eigenvalue weighted by Crippen LogP contribution is 2.23. The Hall–Kier alpha value is -1.46. The van der Waals surface area contributed by atoms with Crippen LogP contribution < -0.4 is 5.32 Å². The molecule has 2 atom stereocenters. The number of rotatable bonds is 7. The van der Waals surface area contributed by atoms with Gasteiger partial charge in [-0.2, -0.15) is 0 Å². The Balaban J connectivity index is 2.84. The lowest BCUT2D eigenvalue weighted by molar-refractivity contribution is -0.385. The molecule has 2 unspecified atom stereocenters. The van der Waals surface area contributed by atoms with Crippen LogP contribution in [0, 0.1) is 17.0 Å². The Morgan fingerprint density at radius 3 is 2.68 bits per heavy atom. The van der Waals surface area contributed by atoms with Crippen LogP contribution >= 0.6 is 0 Å². The van der Waals surface area contributed by atoms with Crippen molar-refractivity contribution in [2.75, 3.05) is 13.7 Å². The highest BCUT2D eigenvalue weighted by atomic mass is 16.6. The minimum Gasteiger partial charge on any atom is -0.383 e. The number of ether oxygens (including phenoxy) is 1. The Labute approximate surface area is 114 Å². The van der Waals surface area contributed by atoms with Gasteiger partial charge in [-0.1, -0.05) is 19.1 Å². The Kier molecular flexibility index (Phi) is 5.92. The molecule has 1 aromatic rings. The largest absolute Gasteiger partial charge is 0.383 e. The van der Waals surface area contributed by atoms with Crippen LogP contribution in [0.1, 0.15) is 37.4 Å². The molecule has 0 amide bonds. The summed E-state index contributed by atoms with van der Waals surface area (Å²) in [6.07, 6.45) is 0.951. The number of nitro groups is 1. The summed E-state index contributed by atoms with van der Waals surface area (Å²) in [6.45, 7) is 6.47. The SMILES string of the molecule is CCC(COC)NC(C)c1ccc(C)c([N+](=O)[O-])c1. The molecule has 1 N–H and O–H groups in total. The van der Waals surface area contributed by atoms with Gasteiger partial charge in [0.15, 0.2) is 0 Å². The van der Waals surface area contributed by atoms with Crippen LogP contribution in [-0.4, -0.2) is 24.7 Å². The van der Waals surface area contributed by atoms with E-state index < -0.39 is 0 Å². The molecule has 0 bridgehead atoms. The van der Waals surface area contributed by atoms with E-state index in [1.54, 1.807) is 26.2 Å². The van der Waals surface area contributed by atoms with E-state index in [4.69, 9.17) is 4.74 Å².